The molecule has 0 saturated heterocycles. The molecule has 0 radical (unpaired) electrons. The summed E-state index contributed by atoms with van der Waals surface area (Å²) >= 11 is 0. The largest absolute Gasteiger partial charge is 0.545 e. The van der Waals surface area contributed by atoms with Crippen LogP contribution in [0.2, 0.25) is 0 Å². The summed E-state index contributed by atoms with van der Waals surface area (Å²) < 4.78 is 22.6. The van der Waals surface area contributed by atoms with E-state index in [0.29, 0.717) is 23.9 Å². The number of hydrogen-bond acceptors (Lipinski definition) is 8. The molecule has 0 aliphatic heterocycles. The zero-order valence-electron chi connectivity index (χ0n) is 47.2. The Morgan fingerprint density at radius 2 is 0.795 bits per heavy atom. The number of carbonyl (C=O) groups is 3. The Labute approximate surface area is 447 Å². The number of carboxylic acid groups (broad SMARTS) is 1. The molecule has 0 bridgehead atoms. The average molecular weight is 1020 g/mol. The molecule has 0 saturated carbocycles. The lowest BCUT2D eigenvalue weighted by molar-refractivity contribution is -0.870. The molecule has 0 aromatic rings. The van der Waals surface area contributed by atoms with Gasteiger partial charge in [0.1, 0.15) is 13.2 Å². The monoisotopic (exact) mass is 1020 g/mol. The molecule has 0 aromatic heterocycles. The minimum absolute atomic E-state index is 0.131. The number of likely N-dealkylation sites (N-methyl/N-ethyl adjacent to an activating group) is 1. The molecule has 0 aliphatic rings. The van der Waals surface area contributed by atoms with Crippen molar-refractivity contribution >= 4 is 17.9 Å². The molecule has 2 unspecified atom stereocenters. The van der Waals surface area contributed by atoms with Crippen molar-refractivity contribution in [3.8, 4) is 0 Å². The highest BCUT2D eigenvalue weighted by molar-refractivity contribution is 5.70. The van der Waals surface area contributed by atoms with Crippen molar-refractivity contribution in [1.29, 1.82) is 0 Å². The van der Waals surface area contributed by atoms with Gasteiger partial charge in [-0.1, -0.05) is 220 Å². The van der Waals surface area contributed by atoms with Gasteiger partial charge < -0.3 is 33.3 Å². The summed E-state index contributed by atoms with van der Waals surface area (Å²) in [5.74, 6) is -2.37. The molecule has 0 N–H and O–H groups in total. The first-order valence-corrected chi connectivity index (χ1v) is 29.0. The molecule has 0 rings (SSSR count). The van der Waals surface area contributed by atoms with Gasteiger partial charge in [0.2, 0.25) is 0 Å². The molecule has 0 fully saturated rings. The molecular formula is C64H107NO8. The fourth-order valence-electron chi connectivity index (χ4n) is 7.55. The lowest BCUT2D eigenvalue weighted by atomic mass is 10.0. The van der Waals surface area contributed by atoms with Crippen molar-refractivity contribution in [2.24, 2.45) is 0 Å². The van der Waals surface area contributed by atoms with Crippen molar-refractivity contribution in [1.82, 2.24) is 0 Å². The predicted octanol–water partition coefficient (Wildman–Crippen LogP) is 15.8. The molecule has 0 heterocycles. The molecule has 0 amide bonds. The van der Waals surface area contributed by atoms with E-state index in [-0.39, 0.29) is 38.6 Å². The third kappa shape index (κ3) is 55.5. The fraction of sp³-hybridized carbons (Fsp3) is 0.672. The van der Waals surface area contributed by atoms with Crippen LogP contribution in [0.3, 0.4) is 0 Å². The lowest BCUT2D eigenvalue weighted by Gasteiger charge is -2.26. The molecule has 416 valence electrons. The second kappa shape index (κ2) is 54.2. The quantitative estimate of drug-likeness (QED) is 0.0195. The number of carboxylic acids is 1. The molecular weight excluding hydrogens is 911 g/mol. The zero-order chi connectivity index (χ0) is 53.4. The maximum Gasteiger partial charge on any atom is 0.306 e. The van der Waals surface area contributed by atoms with E-state index in [1.165, 1.54) is 109 Å². The molecule has 9 heteroatoms. The van der Waals surface area contributed by atoms with Gasteiger partial charge in [0.05, 0.1) is 40.3 Å². The Balaban J connectivity index is 4.36. The summed E-state index contributed by atoms with van der Waals surface area (Å²) in [5.41, 5.74) is 0. The number of aliphatic carboxylic acids is 1. The molecule has 0 aliphatic carbocycles. The summed E-state index contributed by atoms with van der Waals surface area (Å²) in [4.78, 5) is 37.3. The van der Waals surface area contributed by atoms with Gasteiger partial charge in [0, 0.05) is 12.8 Å². The third-order valence-corrected chi connectivity index (χ3v) is 12.0. The normalized spacial score (nSPS) is 13.6. The number of ether oxygens (including phenoxy) is 4. The van der Waals surface area contributed by atoms with Crippen LogP contribution < -0.4 is 5.11 Å². The van der Waals surface area contributed by atoms with Crippen LogP contribution in [0.4, 0.5) is 0 Å². The summed E-state index contributed by atoms with van der Waals surface area (Å²) in [6.45, 7) is 4.55. The number of carbonyl (C=O) groups excluding carboxylic acids is 3. The van der Waals surface area contributed by atoms with E-state index in [0.717, 1.165) is 70.6 Å². The SMILES string of the molecule is CC/C=C\C/C=C\C/C=C\C/C=C\C/C=C\C/C=C\C/C=C\CCCC(=O)OC(COC(=O)CCCCCCCCCCCCCCC/C=C\C/C=C\CCCCCCC)COC(OCC[N+](C)(C)C)C(=O)[O-]. The predicted molar refractivity (Wildman–Crippen MR) is 306 cm³/mol. The van der Waals surface area contributed by atoms with Gasteiger partial charge in [-0.15, -0.1) is 0 Å². The fourth-order valence-corrected chi connectivity index (χ4v) is 7.55. The van der Waals surface area contributed by atoms with Crippen LogP contribution in [0.1, 0.15) is 219 Å². The van der Waals surface area contributed by atoms with E-state index in [1.807, 2.05) is 21.1 Å². The third-order valence-electron chi connectivity index (χ3n) is 12.0. The minimum Gasteiger partial charge on any atom is -0.545 e. The molecule has 2 atom stereocenters. The Bertz CT molecular complexity index is 1560. The van der Waals surface area contributed by atoms with Crippen molar-refractivity contribution < 1.29 is 42.9 Å². The molecule has 0 spiro atoms. The van der Waals surface area contributed by atoms with Crippen LogP contribution in [0.25, 0.3) is 0 Å². The van der Waals surface area contributed by atoms with Gasteiger partial charge in [-0.2, -0.15) is 0 Å². The van der Waals surface area contributed by atoms with E-state index >= 15 is 0 Å². The standard InChI is InChI=1S/C64H107NO8/c1-6-8-10-12-14-16-18-20-22-24-26-28-30-31-33-34-36-38-40-42-44-46-48-50-52-54-61(66)71-58-60(59-72-64(63(68)69)70-57-56-65(3,4)5)73-62(67)55-53-51-49-47-45-43-41-39-37-35-32-29-27-25-23-21-19-17-15-13-11-9-7-2/h9,11,15,17-18,20-21,23-24,26-27,29,35,37,41,43,47,49,60,64H,6-8,10,12-14,16,19,22,25,28,30-34,36,38-40,42,44-46,48,50-59H2,1-5H3/b11-9-,17-15-,20-18-,23-21-,26-24-,29-27-,37-35-,43-41-,49-47-. The van der Waals surface area contributed by atoms with E-state index < -0.39 is 24.3 Å². The van der Waals surface area contributed by atoms with E-state index in [4.69, 9.17) is 18.9 Å². The van der Waals surface area contributed by atoms with E-state index in [1.54, 1.807) is 0 Å². The second-order valence-electron chi connectivity index (χ2n) is 20.2. The minimum atomic E-state index is -1.64. The highest BCUT2D eigenvalue weighted by atomic mass is 16.7. The van der Waals surface area contributed by atoms with Gasteiger partial charge in [-0.05, 0) is 96.3 Å². The maximum atomic E-state index is 12.8. The number of quaternary nitrogens is 1. The first kappa shape index (κ1) is 69.0. The number of esters is 2. The zero-order valence-corrected chi connectivity index (χ0v) is 47.2. The van der Waals surface area contributed by atoms with Crippen molar-refractivity contribution in [3.05, 3.63) is 109 Å². The van der Waals surface area contributed by atoms with Gasteiger partial charge in [0.15, 0.2) is 12.4 Å². The molecule has 73 heavy (non-hydrogen) atoms. The Hall–Kier alpha value is -4.05. The highest BCUT2D eigenvalue weighted by Crippen LogP contribution is 2.15. The van der Waals surface area contributed by atoms with Crippen molar-refractivity contribution in [2.75, 3.05) is 47.5 Å². The summed E-state index contributed by atoms with van der Waals surface area (Å²) in [6.07, 6.45) is 71.4. The van der Waals surface area contributed by atoms with Crippen LogP contribution in [0, 0.1) is 0 Å². The van der Waals surface area contributed by atoms with E-state index in [9.17, 15) is 19.5 Å². The Morgan fingerprint density at radius 1 is 0.425 bits per heavy atom. The van der Waals surface area contributed by atoms with E-state index in [2.05, 4.69) is 123 Å². The van der Waals surface area contributed by atoms with Gasteiger partial charge in [-0.25, -0.2) is 0 Å². The second-order valence-corrected chi connectivity index (χ2v) is 20.2. The summed E-state index contributed by atoms with van der Waals surface area (Å²) in [7, 11) is 5.89. The first-order valence-electron chi connectivity index (χ1n) is 29.0. The Morgan fingerprint density at radius 3 is 1.21 bits per heavy atom. The van der Waals surface area contributed by atoms with Crippen LogP contribution >= 0.6 is 0 Å². The average Bonchev–Trinajstić information content (AvgIpc) is 3.36. The number of rotatable bonds is 52. The summed E-state index contributed by atoms with van der Waals surface area (Å²) in [5, 5.41) is 11.8. The molecule has 9 nitrogen and oxygen atoms in total. The van der Waals surface area contributed by atoms with Crippen LogP contribution in [-0.2, 0) is 33.3 Å². The van der Waals surface area contributed by atoms with Gasteiger partial charge in [-0.3, -0.25) is 9.59 Å². The number of unbranched alkanes of at least 4 members (excludes halogenated alkanes) is 19. The van der Waals surface area contributed by atoms with Crippen molar-refractivity contribution in [3.63, 3.8) is 0 Å². The smallest absolute Gasteiger partial charge is 0.306 e. The van der Waals surface area contributed by atoms with Crippen molar-refractivity contribution in [2.45, 2.75) is 232 Å². The topological polar surface area (TPSA) is 111 Å². The van der Waals surface area contributed by atoms with Gasteiger partial charge >= 0.3 is 11.9 Å². The number of allylic oxidation sites excluding steroid dienone is 18. The van der Waals surface area contributed by atoms with Crippen LogP contribution in [0.15, 0.2) is 109 Å². The number of hydrogen-bond donors (Lipinski definition) is 0. The number of nitrogens with zero attached hydrogens (tertiary/aromatic N) is 1. The molecule has 0 aromatic carbocycles. The summed E-state index contributed by atoms with van der Waals surface area (Å²) in [6, 6.07) is 0. The Kier molecular flexibility index (Phi) is 51.2. The van der Waals surface area contributed by atoms with Gasteiger partial charge in [0.25, 0.3) is 0 Å². The lowest BCUT2D eigenvalue weighted by Crippen LogP contribution is -2.44. The highest BCUT2D eigenvalue weighted by Gasteiger charge is 2.21. The van der Waals surface area contributed by atoms with Crippen LogP contribution in [0.5, 0.6) is 0 Å². The maximum absolute atomic E-state index is 12.8. The first-order chi connectivity index (χ1) is 35.6. The van der Waals surface area contributed by atoms with Crippen LogP contribution in [-0.4, -0.2) is 82.3 Å².